The Morgan fingerprint density at radius 2 is 2.36 bits per heavy atom. The van der Waals surface area contributed by atoms with Crippen molar-refractivity contribution in [2.45, 2.75) is 6.29 Å². The van der Waals surface area contributed by atoms with E-state index in [1.54, 1.807) is 12.5 Å². The van der Waals surface area contributed by atoms with Crippen molar-refractivity contribution in [3.63, 3.8) is 0 Å². The molecule has 4 heterocycles. The summed E-state index contributed by atoms with van der Waals surface area (Å²) in [7, 11) is 1.98. The summed E-state index contributed by atoms with van der Waals surface area (Å²) in [6.07, 6.45) is 3.11. The molecule has 0 spiro atoms. The molecule has 1 aromatic rings. The van der Waals surface area contributed by atoms with Crippen LogP contribution in [0.25, 0.3) is 5.70 Å². The average Bonchev–Trinajstić information content (AvgIpc) is 3.19. The molecule has 0 radical (unpaired) electrons. The van der Waals surface area contributed by atoms with Gasteiger partial charge in [-0.3, -0.25) is 5.01 Å². The molecule has 0 bridgehead atoms. The number of hydrogen-bond donors (Lipinski definition) is 2. The Bertz CT molecular complexity index is 669. The summed E-state index contributed by atoms with van der Waals surface area (Å²) in [6.45, 7) is 1.32. The summed E-state index contributed by atoms with van der Waals surface area (Å²) in [5.41, 5.74) is 1.63. The molecule has 4 rings (SSSR count). The van der Waals surface area contributed by atoms with Crippen LogP contribution in [0.5, 0.6) is 0 Å². The molecule has 3 N–H and O–H groups in total. The number of nitrogens with zero attached hydrogens (tertiary/aromatic N) is 7. The standard InChI is InChI=1S/C12H16N8OS/c1-17-7-18(3-4-21)12-16-10-9(20(12)17)8(15-6-19(10)13)11-14-2-5-22-11/h2,5-6,12,21H,3-4,7,13H2,1H3. The first-order chi connectivity index (χ1) is 10.7. The van der Waals surface area contributed by atoms with Gasteiger partial charge < -0.3 is 5.11 Å². The number of hydrogen-bond acceptors (Lipinski definition) is 10. The lowest BCUT2D eigenvalue weighted by atomic mass is 10.2. The summed E-state index contributed by atoms with van der Waals surface area (Å²) in [4.78, 5) is 15.6. The molecule has 1 unspecified atom stereocenters. The SMILES string of the molecule is CN1CN(CCO)C2N=C3C(=C(c4nccs4)N=CN3N)N21. The van der Waals surface area contributed by atoms with E-state index in [9.17, 15) is 5.11 Å². The number of nitrogens with two attached hydrogens (primary N) is 1. The quantitative estimate of drug-likeness (QED) is 0.700. The highest BCUT2D eigenvalue weighted by atomic mass is 32.1. The first-order valence-corrected chi connectivity index (χ1v) is 7.74. The third kappa shape index (κ3) is 1.89. The maximum absolute atomic E-state index is 9.24. The molecule has 9 nitrogen and oxygen atoms in total. The van der Waals surface area contributed by atoms with Gasteiger partial charge in [-0.15, -0.1) is 11.3 Å². The maximum atomic E-state index is 9.24. The normalized spacial score (nSPS) is 25.0. The minimum Gasteiger partial charge on any atom is -0.395 e. The maximum Gasteiger partial charge on any atom is 0.196 e. The molecule has 1 atom stereocenters. The number of thiazole rings is 1. The molecule has 10 heteroatoms. The Hall–Kier alpha value is -1.85. The van der Waals surface area contributed by atoms with Crippen molar-refractivity contribution >= 4 is 29.2 Å². The molecule has 0 aromatic carbocycles. The lowest BCUT2D eigenvalue weighted by molar-refractivity contribution is 0.0763. The molecule has 0 aliphatic carbocycles. The minimum atomic E-state index is -0.204. The first-order valence-electron chi connectivity index (χ1n) is 6.86. The smallest absolute Gasteiger partial charge is 0.196 e. The lowest BCUT2D eigenvalue weighted by Gasteiger charge is -2.29. The van der Waals surface area contributed by atoms with Crippen LogP contribution in [0.4, 0.5) is 0 Å². The van der Waals surface area contributed by atoms with E-state index in [1.165, 1.54) is 16.3 Å². The highest BCUT2D eigenvalue weighted by Gasteiger charge is 2.46. The zero-order valence-electron chi connectivity index (χ0n) is 12.0. The molecule has 1 fully saturated rings. The van der Waals surface area contributed by atoms with Crippen LogP contribution >= 0.6 is 11.3 Å². The van der Waals surface area contributed by atoms with Crippen LogP contribution in [0.1, 0.15) is 5.01 Å². The Balaban J connectivity index is 1.82. The second kappa shape index (κ2) is 5.11. The van der Waals surface area contributed by atoms with E-state index in [0.717, 1.165) is 16.4 Å². The van der Waals surface area contributed by atoms with Crippen LogP contribution in [0, 0.1) is 0 Å². The van der Waals surface area contributed by atoms with Gasteiger partial charge in [-0.05, 0) is 0 Å². The van der Waals surface area contributed by atoms with Crippen molar-refractivity contribution in [3.05, 3.63) is 22.3 Å². The van der Waals surface area contributed by atoms with Crippen molar-refractivity contribution in [2.24, 2.45) is 15.8 Å². The fraction of sp³-hybridized carbons (Fsp3) is 0.417. The Kier molecular flexibility index (Phi) is 3.20. The third-order valence-corrected chi connectivity index (χ3v) is 4.56. The van der Waals surface area contributed by atoms with E-state index in [2.05, 4.69) is 24.9 Å². The van der Waals surface area contributed by atoms with Crippen LogP contribution in [-0.4, -0.2) is 75.3 Å². The number of β-amino-alcohol motifs (C(OH)–C–C–N with tert-alkyl or cyclic N) is 1. The lowest BCUT2D eigenvalue weighted by Crippen LogP contribution is -2.43. The second-order valence-electron chi connectivity index (χ2n) is 5.17. The van der Waals surface area contributed by atoms with Crippen LogP contribution < -0.4 is 5.84 Å². The van der Waals surface area contributed by atoms with Crippen LogP contribution in [0.2, 0.25) is 0 Å². The number of rotatable bonds is 3. The van der Waals surface area contributed by atoms with Crippen LogP contribution in [0.15, 0.2) is 27.3 Å². The average molecular weight is 320 g/mol. The molecular formula is C12H16N8OS. The van der Waals surface area contributed by atoms with Gasteiger partial charge in [0.2, 0.25) is 0 Å². The summed E-state index contributed by atoms with van der Waals surface area (Å²) in [6, 6.07) is 0. The first kappa shape index (κ1) is 13.8. The number of hydrazine groups is 2. The summed E-state index contributed by atoms with van der Waals surface area (Å²) in [5, 5.41) is 17.5. The number of fused-ring (bicyclic) bond motifs is 3. The monoisotopic (exact) mass is 320 g/mol. The number of amidine groups is 1. The summed E-state index contributed by atoms with van der Waals surface area (Å²) < 4.78 is 0. The van der Waals surface area contributed by atoms with E-state index in [1.807, 2.05) is 12.4 Å². The molecule has 22 heavy (non-hydrogen) atoms. The van der Waals surface area contributed by atoms with Crippen molar-refractivity contribution in [3.8, 4) is 0 Å². The van der Waals surface area contributed by atoms with Crippen molar-refractivity contribution in [1.29, 1.82) is 0 Å². The molecule has 1 saturated heterocycles. The minimum absolute atomic E-state index is 0.0876. The van der Waals surface area contributed by atoms with Crippen LogP contribution in [-0.2, 0) is 0 Å². The predicted octanol–water partition coefficient (Wildman–Crippen LogP) is -0.861. The fourth-order valence-corrected chi connectivity index (χ4v) is 3.51. The van der Waals surface area contributed by atoms with Crippen molar-refractivity contribution in [2.75, 3.05) is 26.9 Å². The van der Waals surface area contributed by atoms with E-state index >= 15 is 0 Å². The van der Waals surface area contributed by atoms with Gasteiger partial charge in [-0.2, -0.15) is 0 Å². The zero-order valence-corrected chi connectivity index (χ0v) is 12.8. The number of aliphatic imine (C=N–C) groups is 2. The Morgan fingerprint density at radius 3 is 3.09 bits per heavy atom. The van der Waals surface area contributed by atoms with Gasteiger partial charge in [-0.25, -0.2) is 35.7 Å². The van der Waals surface area contributed by atoms with Gasteiger partial charge in [0.25, 0.3) is 0 Å². The summed E-state index contributed by atoms with van der Waals surface area (Å²) >= 11 is 1.53. The Labute approximate surface area is 131 Å². The predicted molar refractivity (Wildman–Crippen MR) is 83.0 cm³/mol. The van der Waals surface area contributed by atoms with E-state index in [4.69, 9.17) is 10.8 Å². The summed E-state index contributed by atoms with van der Waals surface area (Å²) in [5.74, 6) is 6.66. The van der Waals surface area contributed by atoms with Gasteiger partial charge in [0.05, 0.1) is 13.3 Å². The highest BCUT2D eigenvalue weighted by molar-refractivity contribution is 7.10. The molecule has 0 saturated carbocycles. The number of aromatic nitrogens is 1. The van der Waals surface area contributed by atoms with Gasteiger partial charge in [-0.1, -0.05) is 0 Å². The zero-order chi connectivity index (χ0) is 15.3. The third-order valence-electron chi connectivity index (χ3n) is 3.78. The molecule has 3 aliphatic rings. The molecule has 3 aliphatic heterocycles. The largest absolute Gasteiger partial charge is 0.395 e. The molecule has 0 amide bonds. The van der Waals surface area contributed by atoms with Crippen LogP contribution in [0.3, 0.4) is 0 Å². The van der Waals surface area contributed by atoms with Gasteiger partial charge >= 0.3 is 0 Å². The van der Waals surface area contributed by atoms with E-state index in [-0.39, 0.29) is 12.9 Å². The Morgan fingerprint density at radius 1 is 1.50 bits per heavy atom. The highest BCUT2D eigenvalue weighted by Crippen LogP contribution is 2.37. The van der Waals surface area contributed by atoms with Gasteiger partial charge in [0, 0.05) is 25.2 Å². The number of aliphatic hydroxyl groups is 1. The van der Waals surface area contributed by atoms with E-state index in [0.29, 0.717) is 19.0 Å². The topological polar surface area (TPSA) is 96.8 Å². The number of aliphatic hydroxyl groups excluding tert-OH is 1. The van der Waals surface area contributed by atoms with Gasteiger partial charge in [0.15, 0.2) is 12.1 Å². The van der Waals surface area contributed by atoms with Gasteiger partial charge in [0.1, 0.15) is 22.7 Å². The van der Waals surface area contributed by atoms with E-state index < -0.39 is 0 Å². The molecular weight excluding hydrogens is 304 g/mol. The fourth-order valence-electron chi connectivity index (χ4n) is 2.88. The van der Waals surface area contributed by atoms with Crippen molar-refractivity contribution < 1.29 is 5.11 Å². The van der Waals surface area contributed by atoms with Crippen molar-refractivity contribution in [1.82, 2.24) is 24.9 Å². The second-order valence-corrected chi connectivity index (χ2v) is 6.06. The molecule has 1 aromatic heterocycles. The molecule has 116 valence electrons.